The molecule has 3 aliphatic heterocycles. The molecule has 0 aromatic carbocycles. The molecule has 3 heterocycles. The Morgan fingerprint density at radius 1 is 0.455 bits per heavy atom. The molecule has 1 unspecified atom stereocenters. The number of hydrogen-bond donors (Lipinski definition) is 25. The maximum Gasteiger partial charge on any atom is 0.315 e. The lowest BCUT2D eigenvalue weighted by Crippen LogP contribution is -2.61. The number of nitrogens with one attached hydrogen (secondary N) is 16. The number of unbranched alkanes of at least 4 members (excludes halogenated alkanes) is 4. The molecule has 3 saturated heterocycles. The van der Waals surface area contributed by atoms with Crippen molar-refractivity contribution in [3.63, 3.8) is 0 Å². The van der Waals surface area contributed by atoms with Crippen LogP contribution >= 0.6 is 11.8 Å². The van der Waals surface area contributed by atoms with Crippen LogP contribution in [0.5, 0.6) is 0 Å². The number of rotatable bonds is 71. The molecule has 3 aliphatic rings. The molecule has 0 spiro atoms. The molecule has 17 atom stereocenters. The number of ether oxygens (including phenoxy) is 5. The minimum absolute atomic E-state index is 0.0106. The van der Waals surface area contributed by atoms with Gasteiger partial charge in [0.1, 0.15) is 78.5 Å². The Morgan fingerprint density at radius 3 is 1.44 bits per heavy atom. The highest BCUT2D eigenvalue weighted by Gasteiger charge is 2.44. The first-order valence-electron chi connectivity index (χ1n) is 44.7. The largest absolute Gasteiger partial charge is 0.481 e. The van der Waals surface area contributed by atoms with Gasteiger partial charge in [-0.3, -0.25) is 86.3 Å². The fourth-order valence-electron chi connectivity index (χ4n) is 13.7. The predicted molar refractivity (Wildman–Crippen MR) is 473 cm³/mol. The van der Waals surface area contributed by atoms with Gasteiger partial charge in [-0.25, -0.2) is 4.79 Å². The average molecular weight is 1900 g/mol. The number of aliphatic hydroxyl groups excluding tert-OH is 3. The van der Waals surface area contributed by atoms with E-state index >= 15 is 0 Å². The lowest BCUT2D eigenvalue weighted by molar-refractivity contribution is -0.143. The Hall–Kier alpha value is -10.4. The lowest BCUT2D eigenvalue weighted by Gasteiger charge is -2.31. The summed E-state index contributed by atoms with van der Waals surface area (Å²) in [6, 6.07) is -19.5. The maximum atomic E-state index is 14.6. The number of amides is 19. The standard InChI is InChI=1S/C81H142N22O28S/c1-45(2)65(78(123)89-46(3)68(86)113)100-70(115)48(5)91-75(120)56(43-105)98-69(114)47(4)90-74(119)54(40-64(111)112)92-63(110)41-88-71(116)50(16-9-12-25-82)94-72(117)51(17-10-13-26-83)95-73(118)52(18-11-14-27-84)96-77(122)58-19-15-29-103(58)80(125)53(22-23-60(85)107)97-79(124)66(49(6)106)101-76(121)55(42-104)93-62(109)24-30-127-32-34-129-36-38-131-39-37-130-35-33-128-31-28-87-61(108)21-8-7-20-59-67-57(44-132-59)99-81(126)102-67/h45-59,65-67,104-106H,7-44,82-84H2,1-6H3,(H2,85,107)(H2,86,113)(H,87,108)(H,88,116)(H,89,123)(H,90,119)(H,91,120)(H,92,110)(H,93,109)(H,94,117)(H,95,118)(H,96,122)(H,97,124)(H,98,114)(H,100,115)(H,101,121)(H,111,112)(H2,99,102,126)/t46-,47-,48-,49-,50+,51-,52+,53+,54+,55+,56+,57+,58-,59-,65+,66?,67+/m0/s1. The summed E-state index contributed by atoms with van der Waals surface area (Å²) in [5, 5.41) is 80.8. The van der Waals surface area contributed by atoms with Crippen LogP contribution in [0.4, 0.5) is 4.79 Å². The molecular weight excluding hydrogens is 1760 g/mol. The van der Waals surface area contributed by atoms with Crippen LogP contribution in [0.25, 0.3) is 0 Å². The third-order valence-corrected chi connectivity index (χ3v) is 22.7. The summed E-state index contributed by atoms with van der Waals surface area (Å²) in [5.74, 6) is -16.9. The number of nitrogens with zero attached hydrogens (tertiary/aromatic N) is 1. The zero-order chi connectivity index (χ0) is 98.4. The summed E-state index contributed by atoms with van der Waals surface area (Å²) in [6.45, 7) is 7.94. The zero-order valence-corrected chi connectivity index (χ0v) is 76.9. The van der Waals surface area contributed by atoms with Crippen molar-refractivity contribution in [2.24, 2.45) is 34.6 Å². The summed E-state index contributed by atoms with van der Waals surface area (Å²) in [4.78, 5) is 252. The SMILES string of the molecule is CC(C)[C@@H](NC(=O)[C@H](C)NC(=O)[C@@H](CO)NC(=O)[C@H](C)NC(=O)[C@@H](CC(=O)O)NC(=O)CNC(=O)[C@@H](CCCCN)NC(=O)[C@H](CCCCN)NC(=O)[C@@H](CCCCN)NC(=O)[C@@H]1CCCN1C(=O)[C@@H](CCC(N)=O)NC(=O)C(NC(=O)[C@@H](CO)NC(=O)CCOCCOCCOCCOCCOCCNC(=O)CCCC[C@@H]1SC[C@H]2NC(=O)N[C@@H]12)[C@H](C)O)C(=O)N[C@@H](C)C(N)=O. The molecule has 3 rings (SSSR count). The number of aliphatic carboxylic acids is 1. The molecule has 3 fully saturated rings. The highest BCUT2D eigenvalue weighted by molar-refractivity contribution is 8.00. The Balaban J connectivity index is 1.56. The molecule has 0 aromatic rings. The van der Waals surface area contributed by atoms with E-state index in [0.717, 1.165) is 43.8 Å². The number of thioether (sulfide) groups is 1. The van der Waals surface area contributed by atoms with Crippen molar-refractivity contribution in [3.8, 4) is 0 Å². The quantitative estimate of drug-likeness (QED) is 0.0199. The van der Waals surface area contributed by atoms with E-state index in [4.69, 9.17) is 52.4 Å². The second kappa shape index (κ2) is 64.5. The van der Waals surface area contributed by atoms with Crippen LogP contribution < -0.4 is 114 Å². The Kier molecular flexibility index (Phi) is 56.6. The number of aliphatic hydroxyl groups is 3. The van der Waals surface area contributed by atoms with Crippen molar-refractivity contribution >= 4 is 124 Å². The van der Waals surface area contributed by atoms with Gasteiger partial charge in [-0.2, -0.15) is 11.8 Å². The first kappa shape index (κ1) is 116. The van der Waals surface area contributed by atoms with E-state index in [-0.39, 0.29) is 141 Å². The van der Waals surface area contributed by atoms with Crippen molar-refractivity contribution in [1.29, 1.82) is 0 Å². The minimum Gasteiger partial charge on any atom is -0.481 e. The monoisotopic (exact) mass is 1900 g/mol. The molecule has 51 heteroatoms. The summed E-state index contributed by atoms with van der Waals surface area (Å²) in [7, 11) is 0. The van der Waals surface area contributed by atoms with E-state index < -0.39 is 230 Å². The van der Waals surface area contributed by atoms with Crippen molar-refractivity contribution < 1.29 is 135 Å². The molecule has 19 amide bonds. The van der Waals surface area contributed by atoms with E-state index in [9.17, 15) is 112 Å². The molecule has 50 nitrogen and oxygen atoms in total. The molecule has 30 N–H and O–H groups in total. The van der Waals surface area contributed by atoms with Crippen LogP contribution in [0, 0.1) is 5.92 Å². The fraction of sp³-hybridized carbons (Fsp3) is 0.765. The van der Waals surface area contributed by atoms with Gasteiger partial charge in [0.05, 0.1) is 110 Å². The molecule has 0 radical (unpaired) electrons. The number of likely N-dealkylation sites (tertiary alicyclic amines) is 1. The summed E-state index contributed by atoms with van der Waals surface area (Å²) >= 11 is 1.85. The lowest BCUT2D eigenvalue weighted by atomic mass is 10.0. The van der Waals surface area contributed by atoms with E-state index in [1.54, 1.807) is 13.8 Å². The van der Waals surface area contributed by atoms with Crippen LogP contribution in [0.3, 0.4) is 0 Å². The number of carbonyl (C=O) groups is 19. The van der Waals surface area contributed by atoms with Crippen LogP contribution in [0.15, 0.2) is 0 Å². The van der Waals surface area contributed by atoms with E-state index in [0.29, 0.717) is 70.5 Å². The number of primary amides is 2. The molecule has 0 bridgehead atoms. The number of nitrogens with two attached hydrogens (primary N) is 5. The van der Waals surface area contributed by atoms with E-state index in [1.807, 2.05) is 11.8 Å². The third-order valence-electron chi connectivity index (χ3n) is 21.2. The van der Waals surface area contributed by atoms with Crippen LogP contribution in [-0.4, -0.2) is 364 Å². The summed E-state index contributed by atoms with van der Waals surface area (Å²) in [6.07, 6.45) is 0.710. The zero-order valence-electron chi connectivity index (χ0n) is 76.1. The van der Waals surface area contributed by atoms with Gasteiger partial charge in [-0.05, 0) is 143 Å². The Morgan fingerprint density at radius 2 is 0.917 bits per heavy atom. The number of carboxylic acid groups (broad SMARTS) is 1. The molecule has 132 heavy (non-hydrogen) atoms. The first-order valence-corrected chi connectivity index (χ1v) is 45.7. The number of carboxylic acids is 1. The second-order valence-electron chi connectivity index (χ2n) is 32.4. The fourth-order valence-corrected chi connectivity index (χ4v) is 15.2. The number of urea groups is 1. The smallest absolute Gasteiger partial charge is 0.315 e. The van der Waals surface area contributed by atoms with Crippen molar-refractivity contribution in [1.82, 2.24) is 90.0 Å². The number of hydrogen-bond acceptors (Lipinski definition) is 31. The molecule has 0 aromatic heterocycles. The van der Waals surface area contributed by atoms with Gasteiger partial charge in [0.15, 0.2) is 0 Å². The van der Waals surface area contributed by atoms with Gasteiger partial charge in [-0.15, -0.1) is 0 Å². The summed E-state index contributed by atoms with van der Waals surface area (Å²) in [5.41, 5.74) is 28.1. The Bertz CT molecular complexity index is 3730. The number of carbonyl (C=O) groups excluding carboxylic acids is 18. The van der Waals surface area contributed by atoms with Crippen molar-refractivity contribution in [3.05, 3.63) is 0 Å². The van der Waals surface area contributed by atoms with Crippen LogP contribution in [-0.2, 0) is 110 Å². The van der Waals surface area contributed by atoms with Crippen molar-refractivity contribution in [2.45, 2.75) is 266 Å². The van der Waals surface area contributed by atoms with Gasteiger partial charge in [0.25, 0.3) is 0 Å². The van der Waals surface area contributed by atoms with E-state index in [1.165, 1.54) is 13.8 Å². The van der Waals surface area contributed by atoms with Gasteiger partial charge in [0, 0.05) is 43.4 Å². The highest BCUT2D eigenvalue weighted by Crippen LogP contribution is 2.33. The maximum absolute atomic E-state index is 14.6. The predicted octanol–water partition coefficient (Wildman–Crippen LogP) is -10.1. The van der Waals surface area contributed by atoms with Gasteiger partial charge < -0.3 is 163 Å². The van der Waals surface area contributed by atoms with Crippen molar-refractivity contribution in [2.75, 3.05) is 124 Å². The van der Waals surface area contributed by atoms with Crippen LogP contribution in [0.1, 0.15) is 164 Å². The Labute approximate surface area is 770 Å². The highest BCUT2D eigenvalue weighted by atomic mass is 32.2. The topological polar surface area (TPSA) is 777 Å². The third kappa shape index (κ3) is 44.9. The second-order valence-corrected chi connectivity index (χ2v) is 33.6. The van der Waals surface area contributed by atoms with Gasteiger partial charge in [0.2, 0.25) is 100 Å². The molecule has 0 saturated carbocycles. The first-order chi connectivity index (χ1) is 62.8. The molecule has 750 valence electrons. The number of fused-ring (bicyclic) bond motifs is 1. The normalized spacial score (nSPS) is 17.9. The molecule has 0 aliphatic carbocycles. The molecular formula is C81H142N22O28S. The van der Waals surface area contributed by atoms with Gasteiger partial charge >= 0.3 is 12.0 Å². The minimum atomic E-state index is -1.92. The van der Waals surface area contributed by atoms with Gasteiger partial charge in [-0.1, -0.05) is 20.3 Å². The average Bonchev–Trinajstić information content (AvgIpc) is 1.66. The summed E-state index contributed by atoms with van der Waals surface area (Å²) < 4.78 is 27.5. The van der Waals surface area contributed by atoms with E-state index in [2.05, 4.69) is 85.1 Å². The van der Waals surface area contributed by atoms with Crippen LogP contribution in [0.2, 0.25) is 0 Å².